The summed E-state index contributed by atoms with van der Waals surface area (Å²) in [4.78, 5) is 24.5. The maximum absolute atomic E-state index is 11.3. The van der Waals surface area contributed by atoms with Crippen molar-refractivity contribution in [1.29, 1.82) is 0 Å². The van der Waals surface area contributed by atoms with Crippen LogP contribution >= 0.6 is 23.2 Å². The summed E-state index contributed by atoms with van der Waals surface area (Å²) in [5.74, 6) is -3.27. The molecule has 2 aliphatic heterocycles. The highest BCUT2D eigenvalue weighted by Crippen LogP contribution is 2.27. The van der Waals surface area contributed by atoms with Gasteiger partial charge in [0.1, 0.15) is 13.2 Å². The zero-order valence-electron chi connectivity index (χ0n) is 16.3. The smallest absolute Gasteiger partial charge is 0.422 e. The Morgan fingerprint density at radius 3 is 2.65 bits per heavy atom. The molecule has 4 rings (SSSR count). The first kappa shape index (κ1) is 21.8. The van der Waals surface area contributed by atoms with Crippen molar-refractivity contribution in [1.82, 2.24) is 14.7 Å². The molecule has 0 bridgehead atoms. The number of hydrogen-bond donors (Lipinski definition) is 0. The van der Waals surface area contributed by atoms with Crippen molar-refractivity contribution in [2.75, 3.05) is 46.1 Å². The summed E-state index contributed by atoms with van der Waals surface area (Å²) in [6, 6.07) is 6.95. The van der Waals surface area contributed by atoms with Crippen LogP contribution in [0.3, 0.4) is 0 Å². The number of esters is 2. The Balaban J connectivity index is 1.15. The minimum absolute atomic E-state index is 0.135. The predicted molar refractivity (Wildman–Crippen MR) is 107 cm³/mol. The van der Waals surface area contributed by atoms with E-state index in [2.05, 4.69) is 5.10 Å². The van der Waals surface area contributed by atoms with Gasteiger partial charge < -0.3 is 23.7 Å². The predicted octanol–water partition coefficient (Wildman–Crippen LogP) is 1.66. The maximum atomic E-state index is 11.3. The molecular weight excluding hydrogens is 453 g/mol. The van der Waals surface area contributed by atoms with Crippen molar-refractivity contribution in [2.24, 2.45) is 0 Å². The average molecular weight is 472 g/mol. The van der Waals surface area contributed by atoms with Crippen LogP contribution < -0.4 is 4.74 Å². The van der Waals surface area contributed by atoms with Crippen LogP contribution in [0.1, 0.15) is 0 Å². The lowest BCUT2D eigenvalue weighted by molar-refractivity contribution is -0.338. The number of morpholine rings is 1. The molecule has 10 nitrogen and oxygen atoms in total. The van der Waals surface area contributed by atoms with Gasteiger partial charge in [0.2, 0.25) is 5.88 Å². The maximum Gasteiger partial charge on any atom is 0.422 e. The Kier molecular flexibility index (Phi) is 6.63. The quantitative estimate of drug-likeness (QED) is 0.323. The van der Waals surface area contributed by atoms with Crippen molar-refractivity contribution in [2.45, 2.75) is 5.97 Å². The molecule has 2 aliphatic rings. The van der Waals surface area contributed by atoms with E-state index in [0.29, 0.717) is 48.8 Å². The zero-order chi connectivity index (χ0) is 21.8. The summed E-state index contributed by atoms with van der Waals surface area (Å²) in [7, 11) is 0. The summed E-state index contributed by atoms with van der Waals surface area (Å²) in [5, 5.41) is 5.25. The molecule has 2 aromatic rings. The highest BCUT2D eigenvalue weighted by molar-refractivity contribution is 6.42. The number of rotatable bonds is 8. The van der Waals surface area contributed by atoms with Crippen molar-refractivity contribution in [3.8, 4) is 11.6 Å². The van der Waals surface area contributed by atoms with Gasteiger partial charge in [-0.3, -0.25) is 4.90 Å². The van der Waals surface area contributed by atoms with E-state index in [0.717, 1.165) is 5.69 Å². The highest BCUT2D eigenvalue weighted by atomic mass is 35.5. The van der Waals surface area contributed by atoms with Gasteiger partial charge in [-0.25, -0.2) is 14.3 Å². The van der Waals surface area contributed by atoms with E-state index in [4.69, 9.17) is 46.9 Å². The summed E-state index contributed by atoms with van der Waals surface area (Å²) in [6.45, 7) is 2.65. The van der Waals surface area contributed by atoms with Gasteiger partial charge >= 0.3 is 17.9 Å². The van der Waals surface area contributed by atoms with E-state index >= 15 is 0 Å². The summed E-state index contributed by atoms with van der Waals surface area (Å²) in [5.41, 5.74) is 0.766. The van der Waals surface area contributed by atoms with E-state index in [1.54, 1.807) is 35.1 Å². The van der Waals surface area contributed by atoms with E-state index in [-0.39, 0.29) is 13.2 Å². The summed E-state index contributed by atoms with van der Waals surface area (Å²) >= 11 is 12.0. The summed E-state index contributed by atoms with van der Waals surface area (Å²) < 4.78 is 28.0. The molecular formula is C19H19Cl2N3O7. The minimum atomic E-state index is -1.64. The average Bonchev–Trinajstić information content (AvgIpc) is 3.31. The number of halogens is 2. The largest absolute Gasteiger partial charge is 0.474 e. The lowest BCUT2D eigenvalue weighted by Gasteiger charge is -2.36. The molecule has 0 atom stereocenters. The molecule has 1 aromatic carbocycles. The molecule has 0 aliphatic carbocycles. The van der Waals surface area contributed by atoms with Gasteiger partial charge in [0, 0.05) is 25.4 Å². The fourth-order valence-corrected chi connectivity index (χ4v) is 3.38. The van der Waals surface area contributed by atoms with Crippen molar-refractivity contribution in [3.63, 3.8) is 0 Å². The molecule has 2 fully saturated rings. The number of carbonyl (C=O) groups is 2. The highest BCUT2D eigenvalue weighted by Gasteiger charge is 2.52. The second kappa shape index (κ2) is 9.41. The van der Waals surface area contributed by atoms with Crippen LogP contribution in [0, 0.1) is 0 Å². The van der Waals surface area contributed by atoms with E-state index in [1.807, 2.05) is 4.90 Å². The second-order valence-corrected chi connectivity index (χ2v) is 7.56. The van der Waals surface area contributed by atoms with Gasteiger partial charge in [-0.15, -0.1) is 5.10 Å². The lowest BCUT2D eigenvalue weighted by atomic mass is 10.3. The SMILES string of the molecule is O=C1OC2(CN(CCOCCOc3ccn(-c4ccc(Cl)c(Cl)c4)n3)CCO2)OC1=O. The van der Waals surface area contributed by atoms with Crippen molar-refractivity contribution in [3.05, 3.63) is 40.5 Å². The molecule has 166 valence electrons. The zero-order valence-corrected chi connectivity index (χ0v) is 17.8. The molecule has 3 heterocycles. The Labute approximate surface area is 187 Å². The first-order valence-electron chi connectivity index (χ1n) is 9.48. The Bertz CT molecular complexity index is 952. The van der Waals surface area contributed by atoms with Crippen LogP contribution in [-0.4, -0.2) is 78.7 Å². The monoisotopic (exact) mass is 471 g/mol. The van der Waals surface area contributed by atoms with Gasteiger partial charge in [-0.1, -0.05) is 23.2 Å². The topological polar surface area (TPSA) is 101 Å². The Hall–Kier alpha value is -2.37. The molecule has 0 unspecified atom stereocenters. The molecule has 1 spiro atoms. The van der Waals surface area contributed by atoms with Crippen LogP contribution in [0.2, 0.25) is 10.0 Å². The third kappa shape index (κ3) is 5.28. The number of aromatic nitrogens is 2. The number of ether oxygens (including phenoxy) is 5. The number of nitrogens with zero attached hydrogens (tertiary/aromatic N) is 3. The van der Waals surface area contributed by atoms with Crippen LogP contribution in [0.4, 0.5) is 0 Å². The van der Waals surface area contributed by atoms with Gasteiger partial charge in [0.05, 0.1) is 35.6 Å². The fraction of sp³-hybridized carbons (Fsp3) is 0.421. The van der Waals surface area contributed by atoms with Gasteiger partial charge in [0.15, 0.2) is 0 Å². The minimum Gasteiger partial charge on any atom is -0.474 e. The lowest BCUT2D eigenvalue weighted by Crippen LogP contribution is -2.53. The van der Waals surface area contributed by atoms with Crippen LogP contribution in [-0.2, 0) is 28.5 Å². The Morgan fingerprint density at radius 1 is 1.06 bits per heavy atom. The normalized spacial score (nSPS) is 18.3. The van der Waals surface area contributed by atoms with Gasteiger partial charge in [0.25, 0.3) is 0 Å². The van der Waals surface area contributed by atoms with Gasteiger partial charge in [-0.05, 0) is 18.2 Å². The van der Waals surface area contributed by atoms with Crippen LogP contribution in [0.25, 0.3) is 5.69 Å². The third-order valence-electron chi connectivity index (χ3n) is 4.57. The standard InChI is InChI=1S/C19H19Cl2N3O7/c20-14-2-1-13(11-15(14)21)24-4-3-16(22-24)28-10-9-27-7-5-23-6-8-29-19(12-23)30-17(25)18(26)31-19/h1-4,11H,5-10,12H2. The summed E-state index contributed by atoms with van der Waals surface area (Å²) in [6.07, 6.45) is 1.76. The first-order chi connectivity index (χ1) is 14.9. The molecule has 0 radical (unpaired) electrons. The molecule has 12 heteroatoms. The number of carbonyl (C=O) groups excluding carboxylic acids is 2. The van der Waals surface area contributed by atoms with E-state index < -0.39 is 17.9 Å². The molecule has 2 saturated heterocycles. The molecule has 0 amide bonds. The molecule has 0 saturated carbocycles. The van der Waals surface area contributed by atoms with E-state index in [1.165, 1.54) is 0 Å². The van der Waals surface area contributed by atoms with Gasteiger partial charge in [-0.2, -0.15) is 0 Å². The molecule has 1 aromatic heterocycles. The van der Waals surface area contributed by atoms with Crippen LogP contribution in [0.15, 0.2) is 30.5 Å². The molecule has 0 N–H and O–H groups in total. The van der Waals surface area contributed by atoms with Crippen LogP contribution in [0.5, 0.6) is 5.88 Å². The Morgan fingerprint density at radius 2 is 1.87 bits per heavy atom. The molecule has 31 heavy (non-hydrogen) atoms. The first-order valence-corrected chi connectivity index (χ1v) is 10.2. The van der Waals surface area contributed by atoms with Crippen molar-refractivity contribution >= 4 is 35.1 Å². The number of hydrogen-bond acceptors (Lipinski definition) is 9. The fourth-order valence-electron chi connectivity index (χ4n) is 3.09. The third-order valence-corrected chi connectivity index (χ3v) is 5.31. The van der Waals surface area contributed by atoms with Crippen molar-refractivity contribution < 1.29 is 33.3 Å². The second-order valence-electron chi connectivity index (χ2n) is 6.74. The number of benzene rings is 1. The van der Waals surface area contributed by atoms with E-state index in [9.17, 15) is 9.59 Å².